The van der Waals surface area contributed by atoms with Gasteiger partial charge in [0.1, 0.15) is 11.4 Å². The van der Waals surface area contributed by atoms with Crippen LogP contribution in [0, 0.1) is 12.8 Å². The molecular formula is C15H25N3O2. The van der Waals surface area contributed by atoms with Crippen LogP contribution in [0.1, 0.15) is 39.4 Å². The average molecular weight is 279 g/mol. The third kappa shape index (κ3) is 3.99. The number of aromatic nitrogens is 2. The highest BCUT2D eigenvalue weighted by Gasteiger charge is 2.27. The Labute approximate surface area is 120 Å². The second kappa shape index (κ2) is 5.85. The molecule has 1 aliphatic heterocycles. The van der Waals surface area contributed by atoms with Crippen molar-refractivity contribution in [3.05, 3.63) is 18.2 Å². The maximum absolute atomic E-state index is 12.1. The number of aryl methyl sites for hydroxylation is 1. The summed E-state index contributed by atoms with van der Waals surface area (Å²) in [7, 11) is 0. The molecule has 0 saturated carbocycles. The van der Waals surface area contributed by atoms with Gasteiger partial charge in [-0.15, -0.1) is 0 Å². The SMILES string of the molecule is Cc1nccn1C[C@@H]1CCCN(C(=O)OC(C)(C)C)C1. The number of carbonyl (C=O) groups excluding carboxylic acids is 1. The van der Waals surface area contributed by atoms with Gasteiger partial charge in [-0.3, -0.25) is 0 Å². The van der Waals surface area contributed by atoms with Crippen LogP contribution in [-0.2, 0) is 11.3 Å². The number of amides is 1. The molecule has 1 aromatic heterocycles. The van der Waals surface area contributed by atoms with E-state index >= 15 is 0 Å². The smallest absolute Gasteiger partial charge is 0.410 e. The highest BCUT2D eigenvalue weighted by Crippen LogP contribution is 2.21. The Balaban J connectivity index is 1.92. The summed E-state index contributed by atoms with van der Waals surface area (Å²) in [4.78, 5) is 18.2. The Morgan fingerprint density at radius 1 is 1.50 bits per heavy atom. The monoisotopic (exact) mass is 279 g/mol. The quantitative estimate of drug-likeness (QED) is 0.836. The van der Waals surface area contributed by atoms with E-state index in [0.717, 1.165) is 38.3 Å². The summed E-state index contributed by atoms with van der Waals surface area (Å²) in [5, 5.41) is 0. The molecule has 0 radical (unpaired) electrons. The van der Waals surface area contributed by atoms with Crippen LogP contribution in [-0.4, -0.2) is 39.2 Å². The van der Waals surface area contributed by atoms with Crippen molar-refractivity contribution in [3.63, 3.8) is 0 Å². The number of hydrogen-bond donors (Lipinski definition) is 0. The maximum Gasteiger partial charge on any atom is 0.410 e. The largest absolute Gasteiger partial charge is 0.444 e. The van der Waals surface area contributed by atoms with Crippen molar-refractivity contribution in [3.8, 4) is 0 Å². The van der Waals surface area contributed by atoms with Crippen molar-refractivity contribution in [1.29, 1.82) is 0 Å². The predicted octanol–water partition coefficient (Wildman–Crippen LogP) is 2.84. The fraction of sp³-hybridized carbons (Fsp3) is 0.733. The van der Waals surface area contributed by atoms with Crippen LogP contribution in [0.4, 0.5) is 4.79 Å². The molecule has 0 aliphatic carbocycles. The second-order valence-corrected chi connectivity index (χ2v) is 6.56. The number of imidazole rings is 1. The Morgan fingerprint density at radius 3 is 2.85 bits per heavy atom. The molecule has 5 nitrogen and oxygen atoms in total. The number of hydrogen-bond acceptors (Lipinski definition) is 3. The summed E-state index contributed by atoms with van der Waals surface area (Å²) in [5.41, 5.74) is -0.426. The topological polar surface area (TPSA) is 47.4 Å². The Kier molecular flexibility index (Phi) is 4.35. The fourth-order valence-corrected chi connectivity index (χ4v) is 2.58. The summed E-state index contributed by atoms with van der Waals surface area (Å²) < 4.78 is 7.61. The first-order valence-electron chi connectivity index (χ1n) is 7.31. The van der Waals surface area contributed by atoms with Crippen molar-refractivity contribution >= 4 is 6.09 Å². The molecule has 1 fully saturated rings. The molecule has 2 heterocycles. The molecule has 1 amide bonds. The molecule has 0 N–H and O–H groups in total. The lowest BCUT2D eigenvalue weighted by atomic mass is 9.98. The van der Waals surface area contributed by atoms with Gasteiger partial charge in [-0.05, 0) is 46.5 Å². The molecule has 0 bridgehead atoms. The number of piperidine rings is 1. The van der Waals surface area contributed by atoms with Crippen LogP contribution >= 0.6 is 0 Å². The zero-order valence-corrected chi connectivity index (χ0v) is 12.9. The average Bonchev–Trinajstić information content (AvgIpc) is 2.73. The lowest BCUT2D eigenvalue weighted by molar-refractivity contribution is 0.0157. The predicted molar refractivity (Wildman–Crippen MR) is 77.5 cm³/mol. The summed E-state index contributed by atoms with van der Waals surface area (Å²) in [6.07, 6.45) is 5.82. The number of ether oxygens (including phenoxy) is 1. The van der Waals surface area contributed by atoms with Crippen LogP contribution in [0.3, 0.4) is 0 Å². The molecule has 0 spiro atoms. The minimum atomic E-state index is -0.426. The van der Waals surface area contributed by atoms with Gasteiger partial charge in [0, 0.05) is 32.0 Å². The van der Waals surface area contributed by atoms with Gasteiger partial charge >= 0.3 is 6.09 Å². The van der Waals surface area contributed by atoms with E-state index in [1.54, 1.807) is 0 Å². The zero-order chi connectivity index (χ0) is 14.8. The summed E-state index contributed by atoms with van der Waals surface area (Å²) >= 11 is 0. The third-order valence-corrected chi connectivity index (χ3v) is 3.55. The van der Waals surface area contributed by atoms with Gasteiger partial charge in [-0.25, -0.2) is 9.78 Å². The molecule has 5 heteroatoms. The first-order valence-corrected chi connectivity index (χ1v) is 7.31. The van der Waals surface area contributed by atoms with Crippen molar-refractivity contribution in [2.24, 2.45) is 5.92 Å². The standard InChI is InChI=1S/C15H25N3O2/c1-12-16-7-9-17(12)10-13-6-5-8-18(11-13)14(19)20-15(2,3)4/h7,9,13H,5-6,8,10-11H2,1-4H3/t13-/m0/s1. The van der Waals surface area contributed by atoms with E-state index in [2.05, 4.69) is 9.55 Å². The maximum atomic E-state index is 12.1. The molecular weight excluding hydrogens is 254 g/mol. The van der Waals surface area contributed by atoms with E-state index in [1.165, 1.54) is 0 Å². The lowest BCUT2D eigenvalue weighted by Gasteiger charge is -2.34. The third-order valence-electron chi connectivity index (χ3n) is 3.55. The van der Waals surface area contributed by atoms with Gasteiger partial charge < -0.3 is 14.2 Å². The minimum Gasteiger partial charge on any atom is -0.444 e. The molecule has 20 heavy (non-hydrogen) atoms. The van der Waals surface area contributed by atoms with Crippen LogP contribution in [0.15, 0.2) is 12.4 Å². The van der Waals surface area contributed by atoms with Crippen molar-refractivity contribution in [2.45, 2.75) is 52.7 Å². The highest BCUT2D eigenvalue weighted by molar-refractivity contribution is 5.68. The molecule has 1 atom stereocenters. The zero-order valence-electron chi connectivity index (χ0n) is 12.9. The van der Waals surface area contributed by atoms with Gasteiger partial charge in [0.2, 0.25) is 0 Å². The Bertz CT molecular complexity index is 462. The van der Waals surface area contributed by atoms with E-state index in [4.69, 9.17) is 4.74 Å². The molecule has 1 saturated heterocycles. The molecule has 0 aromatic carbocycles. The van der Waals surface area contributed by atoms with Gasteiger partial charge in [0.05, 0.1) is 0 Å². The van der Waals surface area contributed by atoms with Crippen LogP contribution < -0.4 is 0 Å². The second-order valence-electron chi connectivity index (χ2n) is 6.56. The van der Waals surface area contributed by atoms with Crippen LogP contribution in [0.5, 0.6) is 0 Å². The molecule has 1 aromatic rings. The normalized spacial score (nSPS) is 20.0. The van der Waals surface area contributed by atoms with Gasteiger partial charge in [0.25, 0.3) is 0 Å². The van der Waals surface area contributed by atoms with Crippen molar-refractivity contribution in [2.75, 3.05) is 13.1 Å². The van der Waals surface area contributed by atoms with E-state index < -0.39 is 5.60 Å². The van der Waals surface area contributed by atoms with Gasteiger partial charge in [0.15, 0.2) is 0 Å². The van der Waals surface area contributed by atoms with Crippen molar-refractivity contribution in [1.82, 2.24) is 14.5 Å². The van der Waals surface area contributed by atoms with Crippen LogP contribution in [0.25, 0.3) is 0 Å². The van der Waals surface area contributed by atoms with E-state index in [0.29, 0.717) is 5.92 Å². The van der Waals surface area contributed by atoms with E-state index in [9.17, 15) is 4.79 Å². The molecule has 112 valence electrons. The number of likely N-dealkylation sites (tertiary alicyclic amines) is 1. The Hall–Kier alpha value is -1.52. The number of rotatable bonds is 2. The number of carbonyl (C=O) groups is 1. The summed E-state index contributed by atoms with van der Waals surface area (Å²) in [5.74, 6) is 1.50. The molecule has 0 unspecified atom stereocenters. The lowest BCUT2D eigenvalue weighted by Crippen LogP contribution is -2.43. The first-order chi connectivity index (χ1) is 9.35. The summed E-state index contributed by atoms with van der Waals surface area (Å²) in [6.45, 7) is 10.2. The van der Waals surface area contributed by atoms with E-state index in [-0.39, 0.29) is 6.09 Å². The molecule has 1 aliphatic rings. The number of nitrogens with zero attached hydrogens (tertiary/aromatic N) is 3. The summed E-state index contributed by atoms with van der Waals surface area (Å²) in [6, 6.07) is 0. The van der Waals surface area contributed by atoms with Gasteiger partial charge in [-0.1, -0.05) is 0 Å². The van der Waals surface area contributed by atoms with Crippen LogP contribution in [0.2, 0.25) is 0 Å². The molecule has 2 rings (SSSR count). The highest BCUT2D eigenvalue weighted by atomic mass is 16.6. The van der Waals surface area contributed by atoms with E-state index in [1.807, 2.05) is 45.0 Å². The van der Waals surface area contributed by atoms with Gasteiger partial charge in [-0.2, -0.15) is 0 Å². The first kappa shape index (κ1) is 14.9. The van der Waals surface area contributed by atoms with Crippen molar-refractivity contribution < 1.29 is 9.53 Å². The Morgan fingerprint density at radius 2 is 2.25 bits per heavy atom. The minimum absolute atomic E-state index is 0.190. The fourth-order valence-electron chi connectivity index (χ4n) is 2.58.